The van der Waals surface area contributed by atoms with Crippen LogP contribution in [-0.4, -0.2) is 49.1 Å². The van der Waals surface area contributed by atoms with Crippen molar-refractivity contribution in [3.05, 3.63) is 11.6 Å². The van der Waals surface area contributed by atoms with Crippen molar-refractivity contribution in [1.82, 2.24) is 15.5 Å². The van der Waals surface area contributed by atoms with Gasteiger partial charge in [0.15, 0.2) is 0 Å². The zero-order valence-corrected chi connectivity index (χ0v) is 11.1. The van der Waals surface area contributed by atoms with Crippen LogP contribution in [0.3, 0.4) is 0 Å². The number of likely N-dealkylation sites (tertiary alicyclic amines) is 1. The van der Waals surface area contributed by atoms with E-state index in [1.807, 2.05) is 0 Å². The summed E-state index contributed by atoms with van der Waals surface area (Å²) in [5.41, 5.74) is 1.49. The van der Waals surface area contributed by atoms with Crippen LogP contribution in [0.15, 0.2) is 11.6 Å². The minimum absolute atomic E-state index is 0.0673. The van der Waals surface area contributed by atoms with Gasteiger partial charge >= 0.3 is 0 Å². The first-order chi connectivity index (χ1) is 9.28. The molecule has 0 bridgehead atoms. The van der Waals surface area contributed by atoms with Crippen LogP contribution in [0.5, 0.6) is 0 Å². The van der Waals surface area contributed by atoms with Gasteiger partial charge in [-0.3, -0.25) is 4.79 Å². The summed E-state index contributed by atoms with van der Waals surface area (Å²) in [6, 6.07) is 2.33. The Labute approximate surface area is 113 Å². The Morgan fingerprint density at radius 3 is 3.32 bits per heavy atom. The van der Waals surface area contributed by atoms with Gasteiger partial charge in [-0.1, -0.05) is 11.6 Å². The Bertz CT molecular complexity index is 439. The number of carbonyl (C=O) groups is 1. The summed E-state index contributed by atoms with van der Waals surface area (Å²) in [4.78, 5) is 13.8. The van der Waals surface area contributed by atoms with E-state index in [4.69, 9.17) is 5.26 Å². The van der Waals surface area contributed by atoms with E-state index < -0.39 is 0 Å². The van der Waals surface area contributed by atoms with E-state index in [9.17, 15) is 4.79 Å². The summed E-state index contributed by atoms with van der Waals surface area (Å²) in [5.74, 6) is 0.726. The maximum Gasteiger partial charge on any atom is 0.237 e. The van der Waals surface area contributed by atoms with Gasteiger partial charge in [-0.25, -0.2) is 0 Å². The van der Waals surface area contributed by atoms with Crippen molar-refractivity contribution in [3.8, 4) is 6.07 Å². The fourth-order valence-electron chi connectivity index (χ4n) is 3.39. The highest BCUT2D eigenvalue weighted by molar-refractivity contribution is 5.79. The van der Waals surface area contributed by atoms with Crippen LogP contribution < -0.4 is 10.6 Å². The summed E-state index contributed by atoms with van der Waals surface area (Å²) in [6.07, 6.45) is 5.13. The molecule has 2 fully saturated rings. The largest absolute Gasteiger partial charge is 0.326 e. The van der Waals surface area contributed by atoms with Gasteiger partial charge < -0.3 is 15.5 Å². The van der Waals surface area contributed by atoms with Crippen molar-refractivity contribution < 1.29 is 4.79 Å². The average Bonchev–Trinajstić information content (AvgIpc) is 3.09. The fraction of sp³-hybridized carbons (Fsp3) is 0.714. The molecular formula is C14H20N4O. The van der Waals surface area contributed by atoms with Crippen molar-refractivity contribution in [2.24, 2.45) is 5.92 Å². The van der Waals surface area contributed by atoms with E-state index in [1.54, 1.807) is 4.90 Å². The quantitative estimate of drug-likeness (QED) is 0.701. The lowest BCUT2D eigenvalue weighted by molar-refractivity contribution is -0.130. The predicted octanol–water partition coefficient (Wildman–Crippen LogP) is 0.00868. The van der Waals surface area contributed by atoms with Gasteiger partial charge in [0, 0.05) is 25.7 Å². The van der Waals surface area contributed by atoms with Crippen LogP contribution in [0.25, 0.3) is 0 Å². The summed E-state index contributed by atoms with van der Waals surface area (Å²) in [7, 11) is 0. The monoisotopic (exact) mass is 260 g/mol. The van der Waals surface area contributed by atoms with Crippen LogP contribution in [0.4, 0.5) is 0 Å². The molecule has 3 rings (SSSR count). The normalized spacial score (nSPS) is 33.1. The first kappa shape index (κ1) is 12.6. The van der Waals surface area contributed by atoms with E-state index in [0.29, 0.717) is 18.5 Å². The molecule has 3 atom stereocenters. The zero-order chi connectivity index (χ0) is 13.2. The molecule has 5 nitrogen and oxygen atoms in total. The molecule has 0 saturated carbocycles. The first-order valence-electron chi connectivity index (χ1n) is 7.11. The molecule has 1 amide bonds. The smallest absolute Gasteiger partial charge is 0.237 e. The number of rotatable bonds is 3. The average molecular weight is 260 g/mol. The number of amides is 1. The second-order valence-electron chi connectivity index (χ2n) is 5.67. The lowest BCUT2D eigenvalue weighted by atomic mass is 10.1. The second kappa shape index (κ2) is 5.32. The van der Waals surface area contributed by atoms with Crippen molar-refractivity contribution in [3.63, 3.8) is 0 Å². The van der Waals surface area contributed by atoms with Gasteiger partial charge in [0.05, 0.1) is 12.6 Å². The molecule has 2 saturated heterocycles. The number of nitrogens with one attached hydrogen (secondary N) is 2. The maximum absolute atomic E-state index is 12.1. The predicted molar refractivity (Wildman–Crippen MR) is 71.2 cm³/mol. The Balaban J connectivity index is 1.49. The van der Waals surface area contributed by atoms with E-state index in [1.165, 1.54) is 5.57 Å². The van der Waals surface area contributed by atoms with Gasteiger partial charge in [0.1, 0.15) is 6.04 Å². The molecule has 0 aromatic heterocycles. The molecule has 19 heavy (non-hydrogen) atoms. The SMILES string of the molecule is N#CC1CCCN1C(=O)CN[C@H]1C=C2CNC[C@@H]2C1. The number of nitriles is 1. The van der Waals surface area contributed by atoms with Crippen molar-refractivity contribution >= 4 is 5.91 Å². The standard InChI is InChI=1S/C14H20N4O/c15-6-13-2-1-3-18(13)14(19)9-17-12-4-10-7-16-8-11(10)5-12/h4,11-13,16-17H,1-3,5,7-9H2/t11-,12-,13?/m0/s1. The van der Waals surface area contributed by atoms with E-state index in [-0.39, 0.29) is 11.9 Å². The number of nitrogens with zero attached hydrogens (tertiary/aromatic N) is 2. The minimum Gasteiger partial charge on any atom is -0.326 e. The summed E-state index contributed by atoms with van der Waals surface area (Å²) >= 11 is 0. The third-order valence-electron chi connectivity index (χ3n) is 4.44. The third-order valence-corrected chi connectivity index (χ3v) is 4.44. The molecule has 0 radical (unpaired) electrons. The van der Waals surface area contributed by atoms with Crippen LogP contribution in [0.1, 0.15) is 19.3 Å². The van der Waals surface area contributed by atoms with Crippen LogP contribution >= 0.6 is 0 Å². The number of hydrogen-bond donors (Lipinski definition) is 2. The van der Waals surface area contributed by atoms with Crippen molar-refractivity contribution in [2.75, 3.05) is 26.2 Å². The highest BCUT2D eigenvalue weighted by atomic mass is 16.2. The first-order valence-corrected chi connectivity index (χ1v) is 7.11. The lowest BCUT2D eigenvalue weighted by Gasteiger charge is -2.21. The number of fused-ring (bicyclic) bond motifs is 1. The third kappa shape index (κ3) is 2.51. The Morgan fingerprint density at radius 2 is 2.53 bits per heavy atom. The van der Waals surface area contributed by atoms with Gasteiger partial charge in [-0.15, -0.1) is 0 Å². The molecular weight excluding hydrogens is 240 g/mol. The zero-order valence-electron chi connectivity index (χ0n) is 11.1. The Morgan fingerprint density at radius 1 is 1.63 bits per heavy atom. The van der Waals surface area contributed by atoms with Crippen LogP contribution in [0.2, 0.25) is 0 Å². The van der Waals surface area contributed by atoms with Gasteiger partial charge in [0.2, 0.25) is 5.91 Å². The number of carbonyl (C=O) groups excluding carboxylic acids is 1. The number of hydrogen-bond acceptors (Lipinski definition) is 4. The fourth-order valence-corrected chi connectivity index (χ4v) is 3.39. The molecule has 2 heterocycles. The molecule has 3 aliphatic rings. The molecule has 1 aliphatic carbocycles. The highest BCUT2D eigenvalue weighted by Crippen LogP contribution is 2.28. The molecule has 2 aliphatic heterocycles. The second-order valence-corrected chi connectivity index (χ2v) is 5.67. The van der Waals surface area contributed by atoms with Crippen molar-refractivity contribution in [1.29, 1.82) is 5.26 Å². The van der Waals surface area contributed by atoms with Gasteiger partial charge in [-0.05, 0) is 25.2 Å². The Hall–Kier alpha value is -1.38. The molecule has 2 N–H and O–H groups in total. The topological polar surface area (TPSA) is 68.2 Å². The van der Waals surface area contributed by atoms with E-state index in [0.717, 1.165) is 38.9 Å². The molecule has 1 unspecified atom stereocenters. The molecule has 5 heteroatoms. The van der Waals surface area contributed by atoms with Crippen LogP contribution in [0, 0.1) is 17.2 Å². The Kier molecular flexibility index (Phi) is 3.54. The lowest BCUT2D eigenvalue weighted by Crippen LogP contribution is -2.42. The highest BCUT2D eigenvalue weighted by Gasteiger charge is 2.31. The minimum atomic E-state index is -0.209. The molecule has 102 valence electrons. The molecule has 0 aromatic carbocycles. The van der Waals surface area contributed by atoms with E-state index in [2.05, 4.69) is 22.8 Å². The van der Waals surface area contributed by atoms with Gasteiger partial charge in [-0.2, -0.15) is 5.26 Å². The van der Waals surface area contributed by atoms with Crippen LogP contribution in [-0.2, 0) is 4.79 Å². The summed E-state index contributed by atoms with van der Waals surface area (Å²) in [6.45, 7) is 3.16. The summed E-state index contributed by atoms with van der Waals surface area (Å²) in [5, 5.41) is 15.7. The van der Waals surface area contributed by atoms with Gasteiger partial charge in [0.25, 0.3) is 0 Å². The molecule has 0 spiro atoms. The maximum atomic E-state index is 12.1. The summed E-state index contributed by atoms with van der Waals surface area (Å²) < 4.78 is 0. The van der Waals surface area contributed by atoms with Crippen molar-refractivity contribution in [2.45, 2.75) is 31.3 Å². The molecule has 0 aromatic rings. The van der Waals surface area contributed by atoms with E-state index >= 15 is 0 Å².